The number of fused-ring (bicyclic) bond motifs is 3. The second-order valence-electron chi connectivity index (χ2n) is 25.3. The Balaban J connectivity index is 1.03. The quantitative estimate of drug-likeness (QED) is 0.0235. The van der Waals surface area contributed by atoms with E-state index < -0.39 is 157 Å². The number of carboxylic acids is 1. The van der Waals surface area contributed by atoms with Gasteiger partial charge >= 0.3 is 5.97 Å². The fourth-order valence-corrected chi connectivity index (χ4v) is 12.4. The number of aromatic amines is 3. The molecular weight excluding hydrogens is 1300 g/mol. The lowest BCUT2D eigenvalue weighted by atomic mass is 9.97. The van der Waals surface area contributed by atoms with Crippen LogP contribution in [0.3, 0.4) is 0 Å². The number of rotatable bonds is 37. The van der Waals surface area contributed by atoms with Crippen molar-refractivity contribution in [2.24, 2.45) is 23.1 Å². The van der Waals surface area contributed by atoms with E-state index in [9.17, 15) is 53.1 Å². The van der Waals surface area contributed by atoms with Crippen molar-refractivity contribution in [2.45, 2.75) is 152 Å². The number of para-hydroxylation sites is 3. The first kappa shape index (κ1) is 75.3. The predicted molar refractivity (Wildman–Crippen MR) is 373 cm³/mol. The smallest absolute Gasteiger partial charge is 0.305 e. The number of primary amides is 2. The van der Waals surface area contributed by atoms with E-state index in [1.807, 2.05) is 54.6 Å². The summed E-state index contributed by atoms with van der Waals surface area (Å²) < 4.78 is 0. The molecule has 0 saturated carbocycles. The maximum absolute atomic E-state index is 15.4. The number of amides is 12. The lowest BCUT2D eigenvalue weighted by molar-refractivity contribution is -0.142. The molecule has 0 spiro atoms. The van der Waals surface area contributed by atoms with Crippen molar-refractivity contribution >= 4 is 110 Å². The van der Waals surface area contributed by atoms with Gasteiger partial charge in [0.2, 0.25) is 70.9 Å². The zero-order valence-electron chi connectivity index (χ0n) is 56.4. The number of aromatic nitrogens is 3. The molecule has 3 aromatic heterocycles. The van der Waals surface area contributed by atoms with Crippen LogP contribution < -0.4 is 65.1 Å². The zero-order valence-corrected chi connectivity index (χ0v) is 56.4. The van der Waals surface area contributed by atoms with Crippen molar-refractivity contribution in [2.75, 3.05) is 19.6 Å². The molecule has 0 bridgehead atoms. The van der Waals surface area contributed by atoms with Crippen LogP contribution in [-0.2, 0) is 88.0 Å². The molecule has 0 radical (unpaired) electrons. The van der Waals surface area contributed by atoms with Gasteiger partial charge in [0.1, 0.15) is 54.4 Å². The molecular formula is C71H88N16O14. The monoisotopic (exact) mass is 1390 g/mol. The average Bonchev–Trinajstić information content (AvgIpc) is 1.72. The fourth-order valence-electron chi connectivity index (χ4n) is 12.4. The summed E-state index contributed by atoms with van der Waals surface area (Å²) in [6.07, 6.45) is 4.64. The summed E-state index contributed by atoms with van der Waals surface area (Å²) in [6, 6.07) is 17.7. The minimum Gasteiger partial charge on any atom is -0.481 e. The molecule has 1 aliphatic heterocycles. The van der Waals surface area contributed by atoms with Crippen LogP contribution in [0.2, 0.25) is 0 Å². The van der Waals surface area contributed by atoms with Crippen LogP contribution in [0.15, 0.2) is 122 Å². The maximum Gasteiger partial charge on any atom is 0.305 e. The number of hydrogen-bond acceptors (Lipinski definition) is 14. The summed E-state index contributed by atoms with van der Waals surface area (Å²) in [6.45, 7) is 4.19. The lowest BCUT2D eigenvalue weighted by Gasteiger charge is -2.30. The standard InChI is InChI=1S/C71H88N16O14/c1-4-39(2)62(70(100)84-53(29-41-17-6-5-7-18-41)65(95)81-52(63(74)93)34-61(91)92)86-60(90)38-78-69(99)58-26-16-28-87(58)71(101)57(32-44-37-77-50-24-13-10-21-47(44)50)85-67(97)55(31-43-36-76-49-23-12-9-20-46(43)49)82-64(94)51(25-14-15-27-72)80-66(96)54(30-42-35-75-48-22-11-8-19-45(42)48)83-68(98)56(33-59(73)89)79-40(3)88/h5-13,17-24,35-37,39,51-58,62,75-77H,4,14-16,25-34,38,72H2,1-3H3,(H2,73,89)(H2,74,93)(H,78,99)(H,79,88)(H,80,96)(H,81,95)(H,82,94)(H,83,98)(H,84,100)(H,85,97)(H,86,90)(H,91,92)/t39-,51-,52-,53-,54-,55-,56-,57-,58-,62-/m0/s1. The van der Waals surface area contributed by atoms with E-state index in [1.54, 1.807) is 81.0 Å². The highest BCUT2D eigenvalue weighted by molar-refractivity contribution is 6.01. The summed E-state index contributed by atoms with van der Waals surface area (Å²) in [7, 11) is 0. The number of likely N-dealkylation sites (tertiary alicyclic amines) is 1. The van der Waals surface area contributed by atoms with Gasteiger partial charge in [-0.15, -0.1) is 0 Å². The van der Waals surface area contributed by atoms with E-state index in [-0.39, 0.29) is 51.6 Å². The van der Waals surface area contributed by atoms with Crippen LogP contribution >= 0.6 is 0 Å². The topological polar surface area (TPSA) is 479 Å². The van der Waals surface area contributed by atoms with Gasteiger partial charge in [0.05, 0.1) is 19.4 Å². The lowest BCUT2D eigenvalue weighted by Crippen LogP contribution is -2.60. The Labute approximate surface area is 581 Å². The molecule has 30 heteroatoms. The van der Waals surface area contributed by atoms with Crippen LogP contribution in [-0.4, -0.2) is 176 Å². The van der Waals surface area contributed by atoms with E-state index >= 15 is 14.4 Å². The van der Waals surface area contributed by atoms with Crippen molar-refractivity contribution in [3.8, 4) is 0 Å². The second kappa shape index (κ2) is 35.9. The highest BCUT2D eigenvalue weighted by atomic mass is 16.4. The van der Waals surface area contributed by atoms with Gasteiger partial charge < -0.3 is 90.0 Å². The van der Waals surface area contributed by atoms with Crippen LogP contribution in [0.5, 0.6) is 0 Å². The Morgan fingerprint density at radius 1 is 0.535 bits per heavy atom. The van der Waals surface area contributed by atoms with E-state index in [2.05, 4.69) is 62.8 Å². The molecule has 8 rings (SSSR count). The van der Waals surface area contributed by atoms with Crippen molar-refractivity contribution in [3.05, 3.63) is 144 Å². The van der Waals surface area contributed by atoms with Crippen LogP contribution in [0.1, 0.15) is 94.4 Å². The SMILES string of the molecule is CC[C@H](C)[C@H](NC(=O)CNC(=O)[C@@H]1CCCN1C(=O)[C@H](Cc1c[nH]c2ccccc12)NC(=O)[C@H](Cc1c[nH]c2ccccc12)NC(=O)[C@H](CCCCN)NC(=O)[C@H](Cc1c[nH]c2ccccc12)NC(=O)[C@H](CC(N)=O)NC(C)=O)C(=O)N[C@@H](Cc1ccccc1)C(=O)N[C@@H](CC(=O)O)C(N)=O. The van der Waals surface area contributed by atoms with Gasteiger partial charge in [-0.2, -0.15) is 0 Å². The Kier molecular flexibility index (Phi) is 26.8. The molecule has 0 unspecified atom stereocenters. The van der Waals surface area contributed by atoms with E-state index in [0.717, 1.165) is 28.7 Å². The first-order chi connectivity index (χ1) is 48.4. The second-order valence-corrected chi connectivity index (χ2v) is 25.3. The number of unbranched alkanes of at least 4 members (excludes halogenated alkanes) is 1. The van der Waals surface area contributed by atoms with E-state index in [4.69, 9.17) is 17.2 Å². The molecule has 0 aliphatic carbocycles. The number of carbonyl (C=O) groups is 13. The minimum atomic E-state index is -1.61. The Hall–Kier alpha value is -11.4. The molecule has 1 aliphatic rings. The molecule has 1 saturated heterocycles. The summed E-state index contributed by atoms with van der Waals surface area (Å²) in [5, 5.41) is 35.4. The Morgan fingerprint density at radius 3 is 1.49 bits per heavy atom. The van der Waals surface area contributed by atoms with Gasteiger partial charge in [0, 0.05) is 90.5 Å². The number of nitrogens with two attached hydrogens (primary N) is 3. The highest BCUT2D eigenvalue weighted by Crippen LogP contribution is 2.26. The molecule has 536 valence electrons. The molecule has 19 N–H and O–H groups in total. The van der Waals surface area contributed by atoms with Crippen molar-refractivity contribution in [3.63, 3.8) is 0 Å². The van der Waals surface area contributed by atoms with Crippen LogP contribution in [0, 0.1) is 5.92 Å². The minimum absolute atomic E-state index is 0.00863. The zero-order chi connectivity index (χ0) is 72.9. The number of carboxylic acid groups (broad SMARTS) is 1. The summed E-state index contributed by atoms with van der Waals surface area (Å²) in [4.78, 5) is 190. The molecule has 4 aromatic carbocycles. The maximum atomic E-state index is 15.4. The summed E-state index contributed by atoms with van der Waals surface area (Å²) in [5.74, 6) is -12.0. The molecule has 4 heterocycles. The number of aliphatic carboxylic acids is 1. The average molecular weight is 1390 g/mol. The van der Waals surface area contributed by atoms with Gasteiger partial charge in [-0.25, -0.2) is 0 Å². The van der Waals surface area contributed by atoms with Gasteiger partial charge in [-0.05, 0) is 85.0 Å². The highest BCUT2D eigenvalue weighted by Gasteiger charge is 2.41. The third kappa shape index (κ3) is 20.8. The number of hydrogen-bond donors (Lipinski definition) is 16. The fraction of sp³-hybridized carbons (Fsp3) is 0.394. The molecule has 7 aromatic rings. The molecule has 30 nitrogen and oxygen atoms in total. The van der Waals surface area contributed by atoms with E-state index in [1.165, 1.54) is 4.90 Å². The first-order valence-corrected chi connectivity index (χ1v) is 33.6. The van der Waals surface area contributed by atoms with Crippen LogP contribution in [0.4, 0.5) is 0 Å². The number of carbonyl (C=O) groups excluding carboxylic acids is 12. The van der Waals surface area contributed by atoms with Gasteiger partial charge in [-0.1, -0.05) is 105 Å². The molecule has 101 heavy (non-hydrogen) atoms. The largest absolute Gasteiger partial charge is 0.481 e. The molecule has 1 fully saturated rings. The summed E-state index contributed by atoms with van der Waals surface area (Å²) >= 11 is 0. The Bertz CT molecular complexity index is 4130. The third-order valence-electron chi connectivity index (χ3n) is 17.9. The first-order valence-electron chi connectivity index (χ1n) is 33.6. The van der Waals surface area contributed by atoms with Crippen molar-refractivity contribution in [1.82, 2.24) is 67.7 Å². The number of benzene rings is 4. The molecule has 10 atom stereocenters. The predicted octanol–water partition coefficient (Wildman–Crippen LogP) is 0.417. The number of H-pyrrole nitrogens is 3. The van der Waals surface area contributed by atoms with Gasteiger partial charge in [0.25, 0.3) is 0 Å². The van der Waals surface area contributed by atoms with Gasteiger partial charge in [-0.3, -0.25) is 62.3 Å². The molecule has 12 amide bonds. The van der Waals surface area contributed by atoms with Crippen LogP contribution in [0.25, 0.3) is 32.7 Å². The van der Waals surface area contributed by atoms with E-state index in [0.29, 0.717) is 58.8 Å². The van der Waals surface area contributed by atoms with Crippen molar-refractivity contribution < 1.29 is 67.4 Å². The third-order valence-corrected chi connectivity index (χ3v) is 17.9. The van der Waals surface area contributed by atoms with Crippen molar-refractivity contribution in [1.29, 1.82) is 0 Å². The van der Waals surface area contributed by atoms with Gasteiger partial charge in [0.15, 0.2) is 0 Å². The normalized spacial score (nSPS) is 15.4. The number of nitrogens with one attached hydrogen (secondary N) is 12. The Morgan fingerprint density at radius 2 is 0.990 bits per heavy atom. The summed E-state index contributed by atoms with van der Waals surface area (Å²) in [5.41, 5.74) is 21.4. The number of nitrogens with zero attached hydrogens (tertiary/aromatic N) is 1.